The van der Waals surface area contributed by atoms with Crippen LogP contribution in [0.25, 0.3) is 0 Å². The highest BCUT2D eigenvalue weighted by atomic mass is 16.5. The molecule has 2 aliphatic rings. The van der Waals surface area contributed by atoms with Crippen LogP contribution >= 0.6 is 0 Å². The Hall–Kier alpha value is -3.80. The second kappa shape index (κ2) is 12.4. The third-order valence-corrected chi connectivity index (χ3v) is 10.1. The molecule has 0 heterocycles. The largest absolute Gasteiger partial charge is 0.497 e. The van der Waals surface area contributed by atoms with Crippen LogP contribution in [0.3, 0.4) is 0 Å². The van der Waals surface area contributed by atoms with Gasteiger partial charge in [-0.05, 0) is 77.3 Å². The number of amides is 2. The van der Waals surface area contributed by atoms with Crippen LogP contribution < -0.4 is 20.1 Å². The molecule has 0 saturated heterocycles. The maximum absolute atomic E-state index is 14.4. The fourth-order valence-electron chi connectivity index (χ4n) is 7.66. The van der Waals surface area contributed by atoms with E-state index in [1.54, 1.807) is 32.4 Å². The number of ether oxygens (including phenoxy) is 2. The lowest BCUT2D eigenvalue weighted by molar-refractivity contribution is -0.141. The predicted molar refractivity (Wildman–Crippen MR) is 172 cm³/mol. The average Bonchev–Trinajstić information content (AvgIpc) is 3.00. The van der Waals surface area contributed by atoms with Gasteiger partial charge < -0.3 is 20.1 Å². The third kappa shape index (κ3) is 6.02. The van der Waals surface area contributed by atoms with Crippen LogP contribution in [0.5, 0.6) is 11.5 Å². The number of anilines is 1. The van der Waals surface area contributed by atoms with Gasteiger partial charge in [-0.15, -0.1) is 0 Å². The van der Waals surface area contributed by atoms with Gasteiger partial charge in [0.05, 0.1) is 25.3 Å². The number of methoxy groups -OCH3 is 2. The lowest BCUT2D eigenvalue weighted by Gasteiger charge is -2.54. The average molecular weight is 583 g/mol. The number of aryl methyl sites for hydroxylation is 1. The van der Waals surface area contributed by atoms with Crippen LogP contribution in [0, 0.1) is 11.3 Å². The van der Waals surface area contributed by atoms with Crippen molar-refractivity contribution in [1.82, 2.24) is 5.32 Å². The van der Waals surface area contributed by atoms with Gasteiger partial charge in [0.25, 0.3) is 0 Å². The molecule has 0 aliphatic heterocycles. The van der Waals surface area contributed by atoms with Crippen LogP contribution in [0.1, 0.15) is 81.5 Å². The van der Waals surface area contributed by atoms with Crippen molar-refractivity contribution < 1.29 is 19.1 Å². The Kier molecular flexibility index (Phi) is 8.86. The monoisotopic (exact) mass is 582 g/mol. The Morgan fingerprint density at radius 1 is 0.953 bits per heavy atom. The normalized spacial score (nSPS) is 23.5. The van der Waals surface area contributed by atoms with Crippen molar-refractivity contribution >= 4 is 17.5 Å². The quantitative estimate of drug-likeness (QED) is 0.280. The van der Waals surface area contributed by atoms with E-state index in [1.165, 1.54) is 16.7 Å². The van der Waals surface area contributed by atoms with Gasteiger partial charge in [0, 0.05) is 12.5 Å². The van der Waals surface area contributed by atoms with Crippen LogP contribution in [0.4, 0.5) is 5.69 Å². The van der Waals surface area contributed by atoms with Gasteiger partial charge in [-0.25, -0.2) is 0 Å². The number of benzene rings is 3. The zero-order chi connectivity index (χ0) is 30.8. The van der Waals surface area contributed by atoms with Gasteiger partial charge >= 0.3 is 0 Å². The molecule has 5 rings (SSSR count). The van der Waals surface area contributed by atoms with Crippen molar-refractivity contribution in [3.63, 3.8) is 0 Å². The Morgan fingerprint density at radius 2 is 1.72 bits per heavy atom. The summed E-state index contributed by atoms with van der Waals surface area (Å²) >= 11 is 0. The maximum Gasteiger partial charge on any atom is 0.247 e. The summed E-state index contributed by atoms with van der Waals surface area (Å²) in [7, 11) is 3.14. The first-order valence-corrected chi connectivity index (χ1v) is 15.6. The SMILES string of the molecule is COc1ccc(OC)c(NC(=O)[C@@H](Cc2ccccc2)NC(=O)[C@]2(C)CCC[C@]3(C)c4ccc(C(C)C)cc4CC[C@@H]23)c1. The Balaban J connectivity index is 1.43. The second-order valence-corrected chi connectivity index (χ2v) is 13.1. The van der Waals surface area contributed by atoms with E-state index in [4.69, 9.17) is 9.47 Å². The van der Waals surface area contributed by atoms with Gasteiger partial charge in [0.15, 0.2) is 0 Å². The molecule has 2 aliphatic carbocycles. The Morgan fingerprint density at radius 3 is 2.42 bits per heavy atom. The molecule has 1 fully saturated rings. The van der Waals surface area contributed by atoms with E-state index in [1.807, 2.05) is 30.3 Å². The first kappa shape index (κ1) is 30.7. The smallest absolute Gasteiger partial charge is 0.247 e. The summed E-state index contributed by atoms with van der Waals surface area (Å²) in [5.41, 5.74) is 5.01. The van der Waals surface area contributed by atoms with Crippen molar-refractivity contribution in [2.45, 2.75) is 83.6 Å². The number of hydrogen-bond acceptors (Lipinski definition) is 4. The molecule has 2 N–H and O–H groups in total. The first-order chi connectivity index (χ1) is 20.6. The summed E-state index contributed by atoms with van der Waals surface area (Å²) in [4.78, 5) is 28.3. The van der Waals surface area contributed by atoms with E-state index >= 15 is 0 Å². The molecule has 4 atom stereocenters. The summed E-state index contributed by atoms with van der Waals surface area (Å²) < 4.78 is 10.9. The van der Waals surface area contributed by atoms with Crippen molar-refractivity contribution in [2.24, 2.45) is 11.3 Å². The first-order valence-electron chi connectivity index (χ1n) is 15.6. The van der Waals surface area contributed by atoms with Gasteiger partial charge in [-0.1, -0.05) is 82.6 Å². The fourth-order valence-corrected chi connectivity index (χ4v) is 7.66. The highest BCUT2D eigenvalue weighted by molar-refractivity contribution is 5.99. The Bertz CT molecular complexity index is 1470. The molecule has 2 amide bonds. The molecule has 0 unspecified atom stereocenters. The molecule has 43 heavy (non-hydrogen) atoms. The standard InChI is InChI=1S/C37H46N2O4/c1-24(2)26-13-16-29-27(22-26)14-18-33-36(29,3)19-10-20-37(33,4)35(41)39-31(21-25-11-8-7-9-12-25)34(40)38-30-23-28(42-5)15-17-32(30)43-6/h7-9,11-13,15-17,22-24,31,33H,10,14,18-21H2,1-6H3,(H,38,40)(H,39,41)/t31-,33-,36-,37-/m1/s1. The van der Waals surface area contributed by atoms with Crippen molar-refractivity contribution in [2.75, 3.05) is 19.5 Å². The minimum atomic E-state index is -0.764. The van der Waals surface area contributed by atoms with Gasteiger partial charge in [0.1, 0.15) is 17.5 Å². The van der Waals surface area contributed by atoms with E-state index in [0.29, 0.717) is 29.5 Å². The number of nitrogens with one attached hydrogen (secondary N) is 2. The molecule has 0 bridgehead atoms. The molecule has 3 aromatic rings. The predicted octanol–water partition coefficient (Wildman–Crippen LogP) is 7.20. The van der Waals surface area contributed by atoms with Gasteiger partial charge in [-0.3, -0.25) is 9.59 Å². The lowest BCUT2D eigenvalue weighted by Crippen LogP contribution is -2.58. The van der Waals surface area contributed by atoms with E-state index in [0.717, 1.165) is 37.7 Å². The summed E-state index contributed by atoms with van der Waals surface area (Å²) in [6.45, 7) is 8.96. The lowest BCUT2D eigenvalue weighted by atomic mass is 9.49. The molecule has 0 spiro atoms. The molecule has 1 saturated carbocycles. The van der Waals surface area contributed by atoms with Crippen LogP contribution in [-0.2, 0) is 27.8 Å². The number of rotatable bonds is 9. The number of carbonyl (C=O) groups excluding carboxylic acids is 2. The Labute approximate surface area is 256 Å². The number of carbonyl (C=O) groups is 2. The summed E-state index contributed by atoms with van der Waals surface area (Å²) in [6, 6.07) is 21.3. The number of fused-ring (bicyclic) bond motifs is 3. The van der Waals surface area contributed by atoms with E-state index in [2.05, 4.69) is 56.5 Å². The highest BCUT2D eigenvalue weighted by Gasteiger charge is 2.55. The minimum absolute atomic E-state index is 0.0423. The summed E-state index contributed by atoms with van der Waals surface area (Å²) in [6.07, 6.45) is 5.16. The third-order valence-electron chi connectivity index (χ3n) is 10.1. The molecular formula is C37H46N2O4. The molecule has 6 nitrogen and oxygen atoms in total. The molecule has 0 radical (unpaired) electrons. The summed E-state index contributed by atoms with van der Waals surface area (Å²) in [5, 5.41) is 6.25. The molecule has 228 valence electrons. The van der Waals surface area contributed by atoms with Crippen molar-refractivity contribution in [3.8, 4) is 11.5 Å². The zero-order valence-corrected chi connectivity index (χ0v) is 26.5. The van der Waals surface area contributed by atoms with Gasteiger partial charge in [0.2, 0.25) is 11.8 Å². The van der Waals surface area contributed by atoms with Crippen molar-refractivity contribution in [3.05, 3.63) is 89.0 Å². The molecular weight excluding hydrogens is 536 g/mol. The minimum Gasteiger partial charge on any atom is -0.497 e. The molecule has 3 aromatic carbocycles. The second-order valence-electron chi connectivity index (χ2n) is 13.1. The highest BCUT2D eigenvalue weighted by Crippen LogP contribution is 2.57. The van der Waals surface area contributed by atoms with E-state index in [9.17, 15) is 9.59 Å². The van der Waals surface area contributed by atoms with Crippen LogP contribution in [0.15, 0.2) is 66.7 Å². The van der Waals surface area contributed by atoms with E-state index in [-0.39, 0.29) is 23.1 Å². The molecule has 0 aromatic heterocycles. The summed E-state index contributed by atoms with van der Waals surface area (Å²) in [5.74, 6) is 1.47. The molecule has 6 heteroatoms. The van der Waals surface area contributed by atoms with E-state index < -0.39 is 11.5 Å². The topological polar surface area (TPSA) is 76.7 Å². The van der Waals surface area contributed by atoms with Crippen LogP contribution in [0.2, 0.25) is 0 Å². The van der Waals surface area contributed by atoms with Gasteiger partial charge in [-0.2, -0.15) is 0 Å². The van der Waals surface area contributed by atoms with Crippen LogP contribution in [-0.4, -0.2) is 32.1 Å². The number of hydrogen-bond donors (Lipinski definition) is 2. The zero-order valence-electron chi connectivity index (χ0n) is 26.5. The fraction of sp³-hybridized carbons (Fsp3) is 0.459. The van der Waals surface area contributed by atoms with Crippen molar-refractivity contribution in [1.29, 1.82) is 0 Å². The maximum atomic E-state index is 14.4.